The van der Waals surface area contributed by atoms with Crippen LogP contribution in [0.4, 0.5) is 5.00 Å². The van der Waals surface area contributed by atoms with Gasteiger partial charge in [0.1, 0.15) is 10.7 Å². The average Bonchev–Trinajstić information content (AvgIpc) is 2.62. The van der Waals surface area contributed by atoms with E-state index in [4.69, 9.17) is 4.74 Å². The third-order valence-electron chi connectivity index (χ3n) is 1.97. The molecule has 0 aliphatic heterocycles. The molecule has 1 aromatic rings. The van der Waals surface area contributed by atoms with Gasteiger partial charge in [0, 0.05) is 18.1 Å². The van der Waals surface area contributed by atoms with Gasteiger partial charge in [-0.05, 0) is 20.3 Å². The highest BCUT2D eigenvalue weighted by atomic mass is 32.1. The summed E-state index contributed by atoms with van der Waals surface area (Å²) in [6.45, 7) is 7.66. The minimum absolute atomic E-state index is 0.283. The van der Waals surface area contributed by atoms with E-state index in [9.17, 15) is 0 Å². The van der Waals surface area contributed by atoms with Crippen molar-refractivity contribution in [3.63, 3.8) is 0 Å². The van der Waals surface area contributed by atoms with Crippen LogP contribution in [-0.2, 0) is 11.3 Å². The maximum atomic E-state index is 5.59. The van der Waals surface area contributed by atoms with Crippen LogP contribution in [0.1, 0.15) is 32.9 Å². The van der Waals surface area contributed by atoms with E-state index in [-0.39, 0.29) is 6.10 Å². The maximum absolute atomic E-state index is 5.59. The third kappa shape index (κ3) is 3.23. The highest BCUT2D eigenvalue weighted by Gasteiger charge is 2.08. The molecular formula is C9H17N3OS. The zero-order valence-electron chi connectivity index (χ0n) is 8.91. The molecule has 1 atom stereocenters. The van der Waals surface area contributed by atoms with E-state index in [1.807, 2.05) is 0 Å². The second kappa shape index (κ2) is 5.93. The minimum Gasteiger partial charge on any atom is -0.374 e. The molecule has 1 aromatic heterocycles. The topological polar surface area (TPSA) is 47.0 Å². The highest BCUT2D eigenvalue weighted by molar-refractivity contribution is 7.10. The van der Waals surface area contributed by atoms with Crippen molar-refractivity contribution in [2.75, 3.05) is 11.9 Å². The van der Waals surface area contributed by atoms with Crippen molar-refractivity contribution >= 4 is 16.5 Å². The van der Waals surface area contributed by atoms with Gasteiger partial charge in [-0.25, -0.2) is 0 Å². The lowest BCUT2D eigenvalue weighted by molar-refractivity contribution is 0.0492. The maximum Gasteiger partial charge on any atom is 0.135 e. The molecule has 0 aliphatic rings. The first-order chi connectivity index (χ1) is 6.77. The van der Waals surface area contributed by atoms with Gasteiger partial charge in [-0.15, -0.1) is 5.10 Å². The molecule has 0 amide bonds. The van der Waals surface area contributed by atoms with Gasteiger partial charge in [0.05, 0.1) is 12.7 Å². The van der Waals surface area contributed by atoms with Crippen molar-refractivity contribution in [2.45, 2.75) is 39.9 Å². The first-order valence-electron chi connectivity index (χ1n) is 4.94. The Bertz CT molecular complexity index is 264. The molecule has 5 heteroatoms. The smallest absolute Gasteiger partial charge is 0.135 e. The molecular weight excluding hydrogens is 198 g/mol. The quantitative estimate of drug-likeness (QED) is 0.791. The van der Waals surface area contributed by atoms with Gasteiger partial charge >= 0.3 is 0 Å². The number of ether oxygens (including phenoxy) is 1. The fourth-order valence-corrected chi connectivity index (χ4v) is 1.57. The lowest BCUT2D eigenvalue weighted by atomic mass is 10.3. The molecule has 0 bridgehead atoms. The summed E-state index contributed by atoms with van der Waals surface area (Å²) >= 11 is 1.38. The van der Waals surface area contributed by atoms with Crippen molar-refractivity contribution < 1.29 is 4.74 Å². The summed E-state index contributed by atoms with van der Waals surface area (Å²) in [5.74, 6) is 0. The summed E-state index contributed by atoms with van der Waals surface area (Å²) in [5, 5.41) is 8.26. The molecule has 80 valence electrons. The average molecular weight is 215 g/mol. The van der Waals surface area contributed by atoms with E-state index >= 15 is 0 Å². The number of nitrogens with zero attached hydrogens (tertiary/aromatic N) is 2. The molecule has 14 heavy (non-hydrogen) atoms. The molecule has 4 nitrogen and oxygen atoms in total. The molecule has 1 N–H and O–H groups in total. The Kier molecular flexibility index (Phi) is 4.82. The Balaban J connectivity index is 2.45. The van der Waals surface area contributed by atoms with E-state index in [0.717, 1.165) is 23.7 Å². The normalized spacial score (nSPS) is 12.8. The molecule has 0 aliphatic carbocycles. The second-order valence-electron chi connectivity index (χ2n) is 3.11. The lowest BCUT2D eigenvalue weighted by Gasteiger charge is -2.09. The summed E-state index contributed by atoms with van der Waals surface area (Å²) in [6.07, 6.45) is 1.31. The van der Waals surface area contributed by atoms with E-state index in [0.29, 0.717) is 6.61 Å². The molecule has 1 unspecified atom stereocenters. The molecule has 0 fully saturated rings. The fraction of sp³-hybridized carbons (Fsp3) is 0.778. The van der Waals surface area contributed by atoms with E-state index < -0.39 is 0 Å². The van der Waals surface area contributed by atoms with Gasteiger partial charge in [-0.2, -0.15) is 0 Å². The summed E-state index contributed by atoms with van der Waals surface area (Å²) in [5.41, 5.74) is 0.914. The number of hydrogen-bond donors (Lipinski definition) is 1. The molecule has 0 spiro atoms. The van der Waals surface area contributed by atoms with Crippen LogP contribution in [0.3, 0.4) is 0 Å². The van der Waals surface area contributed by atoms with Crippen LogP contribution in [0.15, 0.2) is 0 Å². The Morgan fingerprint density at radius 3 is 2.93 bits per heavy atom. The van der Waals surface area contributed by atoms with Crippen LogP contribution in [0, 0.1) is 0 Å². The van der Waals surface area contributed by atoms with E-state index in [2.05, 4.69) is 35.7 Å². The van der Waals surface area contributed by atoms with Crippen LogP contribution in [0.25, 0.3) is 0 Å². The predicted molar refractivity (Wildman–Crippen MR) is 58.6 cm³/mol. The zero-order valence-corrected chi connectivity index (χ0v) is 9.73. The lowest BCUT2D eigenvalue weighted by Crippen LogP contribution is -2.08. The molecule has 0 saturated carbocycles. The van der Waals surface area contributed by atoms with Crippen molar-refractivity contribution in [3.8, 4) is 0 Å². The van der Waals surface area contributed by atoms with Crippen LogP contribution < -0.4 is 5.32 Å². The van der Waals surface area contributed by atoms with Gasteiger partial charge in [0.2, 0.25) is 0 Å². The standard InChI is InChI=1S/C9H17N3OS/c1-4-7(3)13-6-8-9(10-5-2)14-12-11-8/h7,10H,4-6H2,1-3H3. The zero-order chi connectivity index (χ0) is 10.4. The molecule has 0 saturated heterocycles. The molecule has 1 heterocycles. The Labute approximate surface area is 88.8 Å². The van der Waals surface area contributed by atoms with Gasteiger partial charge in [0.15, 0.2) is 0 Å². The molecule has 1 rings (SSSR count). The Morgan fingerprint density at radius 1 is 1.50 bits per heavy atom. The molecule has 0 radical (unpaired) electrons. The Hall–Kier alpha value is -0.680. The van der Waals surface area contributed by atoms with Crippen LogP contribution in [0.5, 0.6) is 0 Å². The highest BCUT2D eigenvalue weighted by Crippen LogP contribution is 2.18. The van der Waals surface area contributed by atoms with Crippen LogP contribution >= 0.6 is 11.5 Å². The monoisotopic (exact) mass is 215 g/mol. The summed E-state index contributed by atoms with van der Waals surface area (Å²) in [6, 6.07) is 0. The number of rotatable bonds is 6. The Morgan fingerprint density at radius 2 is 2.29 bits per heavy atom. The van der Waals surface area contributed by atoms with Gasteiger partial charge < -0.3 is 10.1 Å². The number of aromatic nitrogens is 2. The minimum atomic E-state index is 0.283. The second-order valence-corrected chi connectivity index (χ2v) is 3.86. The number of nitrogens with one attached hydrogen (secondary N) is 1. The SMILES string of the molecule is CCNc1snnc1COC(C)CC. The van der Waals surface area contributed by atoms with E-state index in [1.165, 1.54) is 11.5 Å². The first-order valence-corrected chi connectivity index (χ1v) is 5.71. The largest absolute Gasteiger partial charge is 0.374 e. The predicted octanol–water partition coefficient (Wildman–Crippen LogP) is 2.29. The summed E-state index contributed by atoms with van der Waals surface area (Å²) in [4.78, 5) is 0. The van der Waals surface area contributed by atoms with Crippen LogP contribution in [0.2, 0.25) is 0 Å². The van der Waals surface area contributed by atoms with E-state index in [1.54, 1.807) is 0 Å². The number of hydrogen-bond acceptors (Lipinski definition) is 5. The molecule has 0 aromatic carbocycles. The first kappa shape index (κ1) is 11.4. The van der Waals surface area contributed by atoms with Crippen molar-refractivity contribution in [3.05, 3.63) is 5.69 Å². The fourth-order valence-electron chi connectivity index (χ4n) is 0.937. The van der Waals surface area contributed by atoms with Gasteiger partial charge in [-0.3, -0.25) is 0 Å². The van der Waals surface area contributed by atoms with Crippen molar-refractivity contribution in [1.29, 1.82) is 0 Å². The summed E-state index contributed by atoms with van der Waals surface area (Å²) < 4.78 is 9.48. The summed E-state index contributed by atoms with van der Waals surface area (Å²) in [7, 11) is 0. The third-order valence-corrected chi connectivity index (χ3v) is 2.70. The van der Waals surface area contributed by atoms with Crippen LogP contribution in [-0.4, -0.2) is 22.2 Å². The van der Waals surface area contributed by atoms with Gasteiger partial charge in [-0.1, -0.05) is 11.4 Å². The number of anilines is 1. The van der Waals surface area contributed by atoms with Gasteiger partial charge in [0.25, 0.3) is 0 Å². The van der Waals surface area contributed by atoms with Crippen molar-refractivity contribution in [1.82, 2.24) is 9.59 Å². The van der Waals surface area contributed by atoms with Crippen molar-refractivity contribution in [2.24, 2.45) is 0 Å².